The summed E-state index contributed by atoms with van der Waals surface area (Å²) in [6, 6.07) is 5.04. The Kier molecular flexibility index (Phi) is 3.82. The lowest BCUT2D eigenvalue weighted by atomic mass is 10.2. The molecular weight excluding hydrogens is 280 g/mol. The summed E-state index contributed by atoms with van der Waals surface area (Å²) >= 11 is 0. The summed E-state index contributed by atoms with van der Waals surface area (Å²) < 4.78 is 32.5. The van der Waals surface area contributed by atoms with Crippen LogP contribution in [0, 0.1) is 20.8 Å². The third kappa shape index (κ3) is 2.68. The minimum atomic E-state index is -3.85. The number of aromatic nitrogens is 1. The summed E-state index contributed by atoms with van der Waals surface area (Å²) in [4.78, 5) is 4.07. The van der Waals surface area contributed by atoms with Gasteiger partial charge in [-0.05, 0) is 32.9 Å². The monoisotopic (exact) mass is 296 g/mol. The number of aliphatic hydroxyl groups is 1. The second-order valence-corrected chi connectivity index (χ2v) is 6.07. The maximum Gasteiger partial charge on any atom is 0.266 e. The van der Waals surface area contributed by atoms with Crippen molar-refractivity contribution >= 4 is 15.8 Å². The fourth-order valence-corrected chi connectivity index (χ4v) is 3.48. The van der Waals surface area contributed by atoms with Crippen LogP contribution in [0.15, 0.2) is 27.5 Å². The van der Waals surface area contributed by atoms with Crippen molar-refractivity contribution in [2.24, 2.45) is 0 Å². The van der Waals surface area contributed by atoms with Crippen LogP contribution in [-0.2, 0) is 16.6 Å². The van der Waals surface area contributed by atoms with E-state index in [1.807, 2.05) is 0 Å². The molecule has 7 heteroatoms. The summed E-state index contributed by atoms with van der Waals surface area (Å²) in [6.45, 7) is 4.53. The van der Waals surface area contributed by atoms with E-state index < -0.39 is 16.6 Å². The first-order chi connectivity index (χ1) is 9.35. The van der Waals surface area contributed by atoms with Crippen molar-refractivity contribution in [3.05, 3.63) is 41.0 Å². The molecule has 2 N–H and O–H groups in total. The Balaban J connectivity index is 2.46. The molecule has 0 aliphatic heterocycles. The van der Waals surface area contributed by atoms with Gasteiger partial charge in [-0.15, -0.1) is 0 Å². The standard InChI is InChI=1S/C13H16N2O4S/c1-8-5-4-6-12(14-8)15-20(17,18)13-10(3)19-9(2)11(13)7-16/h4-6,16H,7H2,1-3H3,(H,14,15). The number of nitrogens with zero attached hydrogens (tertiary/aromatic N) is 1. The van der Waals surface area contributed by atoms with E-state index in [4.69, 9.17) is 4.42 Å². The molecule has 6 nitrogen and oxygen atoms in total. The van der Waals surface area contributed by atoms with Crippen molar-refractivity contribution in [2.75, 3.05) is 4.72 Å². The Bertz CT molecular complexity index is 735. The zero-order chi connectivity index (χ0) is 14.9. The van der Waals surface area contributed by atoms with Gasteiger partial charge in [-0.3, -0.25) is 4.72 Å². The Morgan fingerprint density at radius 3 is 2.55 bits per heavy atom. The average molecular weight is 296 g/mol. The lowest BCUT2D eigenvalue weighted by molar-refractivity contribution is 0.276. The van der Waals surface area contributed by atoms with E-state index in [2.05, 4.69) is 9.71 Å². The van der Waals surface area contributed by atoms with Crippen LogP contribution in [0.5, 0.6) is 0 Å². The first kappa shape index (κ1) is 14.5. The molecule has 0 saturated carbocycles. The van der Waals surface area contributed by atoms with Crippen molar-refractivity contribution in [3.63, 3.8) is 0 Å². The van der Waals surface area contributed by atoms with Gasteiger partial charge in [0.25, 0.3) is 10.0 Å². The van der Waals surface area contributed by atoms with Crippen LogP contribution in [0.4, 0.5) is 5.82 Å². The summed E-state index contributed by atoms with van der Waals surface area (Å²) in [6.07, 6.45) is 0. The summed E-state index contributed by atoms with van der Waals surface area (Å²) in [5, 5.41) is 9.32. The zero-order valence-electron chi connectivity index (χ0n) is 11.5. The number of pyridine rings is 1. The molecule has 0 saturated heterocycles. The van der Waals surface area contributed by atoms with Gasteiger partial charge in [-0.1, -0.05) is 6.07 Å². The number of anilines is 1. The maximum absolute atomic E-state index is 12.4. The molecule has 0 aromatic carbocycles. The van der Waals surface area contributed by atoms with E-state index in [0.717, 1.165) is 0 Å². The molecule has 0 aliphatic carbocycles. The predicted octanol–water partition coefficient (Wildman–Crippen LogP) is 1.89. The third-order valence-corrected chi connectivity index (χ3v) is 4.43. The highest BCUT2D eigenvalue weighted by atomic mass is 32.2. The minimum Gasteiger partial charge on any atom is -0.465 e. The third-order valence-electron chi connectivity index (χ3n) is 2.88. The van der Waals surface area contributed by atoms with Crippen LogP contribution in [-0.4, -0.2) is 18.5 Å². The molecule has 2 aromatic rings. The van der Waals surface area contributed by atoms with Crippen LogP contribution in [0.2, 0.25) is 0 Å². The van der Waals surface area contributed by atoms with Gasteiger partial charge >= 0.3 is 0 Å². The summed E-state index contributed by atoms with van der Waals surface area (Å²) in [7, 11) is -3.85. The number of rotatable bonds is 4. The largest absolute Gasteiger partial charge is 0.465 e. The Labute approximate surface area is 117 Å². The molecule has 108 valence electrons. The van der Waals surface area contributed by atoms with Gasteiger partial charge in [-0.25, -0.2) is 13.4 Å². The van der Waals surface area contributed by atoms with Gasteiger partial charge < -0.3 is 9.52 Å². The molecular formula is C13H16N2O4S. The molecule has 2 aromatic heterocycles. The van der Waals surface area contributed by atoms with E-state index in [1.54, 1.807) is 39.0 Å². The normalized spacial score (nSPS) is 11.6. The lowest BCUT2D eigenvalue weighted by Crippen LogP contribution is -2.16. The quantitative estimate of drug-likeness (QED) is 0.899. The van der Waals surface area contributed by atoms with Crippen LogP contribution in [0.25, 0.3) is 0 Å². The highest BCUT2D eigenvalue weighted by Crippen LogP contribution is 2.27. The molecule has 0 unspecified atom stereocenters. The number of furan rings is 1. The Hall–Kier alpha value is -1.86. The number of hydrogen-bond acceptors (Lipinski definition) is 5. The summed E-state index contributed by atoms with van der Waals surface area (Å²) in [5.41, 5.74) is 0.968. The maximum atomic E-state index is 12.4. The molecule has 0 aliphatic rings. The average Bonchev–Trinajstić information content (AvgIpc) is 2.63. The van der Waals surface area contributed by atoms with Gasteiger partial charge in [-0.2, -0.15) is 0 Å². The molecule has 2 heterocycles. The molecule has 0 bridgehead atoms. The van der Waals surface area contributed by atoms with Crippen molar-refractivity contribution in [3.8, 4) is 0 Å². The minimum absolute atomic E-state index is 0.0270. The Morgan fingerprint density at radius 1 is 1.25 bits per heavy atom. The molecule has 0 amide bonds. The van der Waals surface area contributed by atoms with Crippen LogP contribution in [0.3, 0.4) is 0 Å². The fourth-order valence-electron chi connectivity index (χ4n) is 2.03. The first-order valence-electron chi connectivity index (χ1n) is 6.01. The fraction of sp³-hybridized carbons (Fsp3) is 0.308. The zero-order valence-corrected chi connectivity index (χ0v) is 12.3. The number of aliphatic hydroxyl groups excluding tert-OH is 1. The molecule has 20 heavy (non-hydrogen) atoms. The van der Waals surface area contributed by atoms with Crippen LogP contribution >= 0.6 is 0 Å². The SMILES string of the molecule is Cc1cccc(NS(=O)(=O)c2c(C)oc(C)c2CO)n1. The van der Waals surface area contributed by atoms with Crippen molar-refractivity contribution in [1.29, 1.82) is 0 Å². The topological polar surface area (TPSA) is 92.4 Å². The van der Waals surface area contributed by atoms with Crippen LogP contribution < -0.4 is 4.72 Å². The lowest BCUT2D eigenvalue weighted by Gasteiger charge is -2.08. The number of aryl methyl sites for hydroxylation is 3. The van der Waals surface area contributed by atoms with Gasteiger partial charge in [0.15, 0.2) is 0 Å². The van der Waals surface area contributed by atoms with Gasteiger partial charge in [0.1, 0.15) is 22.2 Å². The highest BCUT2D eigenvalue weighted by molar-refractivity contribution is 7.92. The van der Waals surface area contributed by atoms with E-state index in [-0.39, 0.29) is 22.0 Å². The van der Waals surface area contributed by atoms with E-state index >= 15 is 0 Å². The first-order valence-corrected chi connectivity index (χ1v) is 7.49. The number of nitrogens with one attached hydrogen (secondary N) is 1. The Morgan fingerprint density at radius 2 is 1.95 bits per heavy atom. The van der Waals surface area contributed by atoms with Crippen molar-refractivity contribution in [1.82, 2.24) is 4.98 Å². The highest BCUT2D eigenvalue weighted by Gasteiger charge is 2.26. The van der Waals surface area contributed by atoms with Gasteiger partial charge in [0.05, 0.1) is 6.61 Å². The molecule has 0 spiro atoms. The van der Waals surface area contributed by atoms with Crippen molar-refractivity contribution < 1.29 is 17.9 Å². The number of hydrogen-bond donors (Lipinski definition) is 2. The second kappa shape index (κ2) is 5.26. The second-order valence-electron chi connectivity index (χ2n) is 4.45. The van der Waals surface area contributed by atoms with E-state index in [1.165, 1.54) is 0 Å². The predicted molar refractivity (Wildman–Crippen MR) is 73.9 cm³/mol. The number of sulfonamides is 1. The molecule has 2 rings (SSSR count). The molecule has 0 atom stereocenters. The van der Waals surface area contributed by atoms with Gasteiger partial charge in [0, 0.05) is 11.3 Å². The smallest absolute Gasteiger partial charge is 0.266 e. The van der Waals surface area contributed by atoms with Crippen LogP contribution in [0.1, 0.15) is 22.8 Å². The summed E-state index contributed by atoms with van der Waals surface area (Å²) in [5.74, 6) is 0.862. The molecule has 0 radical (unpaired) electrons. The van der Waals surface area contributed by atoms with Crippen molar-refractivity contribution in [2.45, 2.75) is 32.3 Å². The van der Waals surface area contributed by atoms with Gasteiger partial charge in [0.2, 0.25) is 0 Å². The van der Waals surface area contributed by atoms with E-state index in [0.29, 0.717) is 11.5 Å². The van der Waals surface area contributed by atoms with E-state index in [9.17, 15) is 13.5 Å². The molecule has 0 fully saturated rings.